The summed E-state index contributed by atoms with van der Waals surface area (Å²) in [5.74, 6) is 0. The van der Waals surface area contributed by atoms with Crippen LogP contribution in [0, 0.1) is 0 Å². The van der Waals surface area contributed by atoms with Crippen LogP contribution in [-0.2, 0) is 11.2 Å². The topological polar surface area (TPSA) is 103 Å². The fraction of sp³-hybridized carbons (Fsp3) is 0.350. The van der Waals surface area contributed by atoms with Gasteiger partial charge in [0.25, 0.3) is 0 Å². The van der Waals surface area contributed by atoms with Crippen molar-refractivity contribution < 1.29 is 25.2 Å². The van der Waals surface area contributed by atoms with Crippen LogP contribution in [0.3, 0.4) is 0 Å². The molecule has 9 heteroatoms. The lowest BCUT2D eigenvalue weighted by Gasteiger charge is -2.40. The third kappa shape index (κ3) is 4.26. The number of rotatable bonds is 5. The molecule has 0 bridgehead atoms. The largest absolute Gasteiger partial charge is 0.394 e. The highest BCUT2D eigenvalue weighted by Crippen LogP contribution is 2.36. The summed E-state index contributed by atoms with van der Waals surface area (Å²) < 4.78 is 5.66. The number of hydrogen-bond acceptors (Lipinski definition) is 8. The van der Waals surface area contributed by atoms with E-state index in [-0.39, 0.29) is 0 Å². The van der Waals surface area contributed by atoms with Crippen LogP contribution in [0.2, 0.25) is 5.02 Å². The molecule has 1 aliphatic heterocycles. The molecule has 3 aromatic rings. The second-order valence-corrected chi connectivity index (χ2v) is 9.37. The van der Waals surface area contributed by atoms with Gasteiger partial charge in [0.15, 0.2) is 0 Å². The zero-order valence-electron chi connectivity index (χ0n) is 15.2. The van der Waals surface area contributed by atoms with Crippen LogP contribution < -0.4 is 0 Å². The number of thiophene rings is 1. The average Bonchev–Trinajstić information content (AvgIpc) is 3.40. The van der Waals surface area contributed by atoms with Gasteiger partial charge in [0.2, 0.25) is 0 Å². The minimum Gasteiger partial charge on any atom is -0.394 e. The van der Waals surface area contributed by atoms with Crippen LogP contribution in [0.15, 0.2) is 42.0 Å². The first-order valence-electron chi connectivity index (χ1n) is 9.04. The SMILES string of the molecule is OC[C@H]1O[C@@H](c2ccc(Cl)c(Cc3ccc(-c4cncs4)s3)c2)[C@H](O)[C@@H](O)[C@@H]1O. The van der Waals surface area contributed by atoms with Crippen molar-refractivity contribution in [1.29, 1.82) is 0 Å². The predicted octanol–water partition coefficient (Wildman–Crippen LogP) is 2.63. The van der Waals surface area contributed by atoms with E-state index in [9.17, 15) is 20.4 Å². The molecule has 3 heterocycles. The molecule has 0 amide bonds. The lowest BCUT2D eigenvalue weighted by molar-refractivity contribution is -0.231. The summed E-state index contributed by atoms with van der Waals surface area (Å²) in [5, 5.41) is 40.4. The molecular weight excluding hydrogens is 434 g/mol. The van der Waals surface area contributed by atoms with Gasteiger partial charge in [-0.25, -0.2) is 0 Å². The molecule has 0 radical (unpaired) electrons. The first-order valence-corrected chi connectivity index (χ1v) is 11.1. The van der Waals surface area contributed by atoms with E-state index in [2.05, 4.69) is 17.1 Å². The van der Waals surface area contributed by atoms with Gasteiger partial charge in [0.05, 0.1) is 17.0 Å². The summed E-state index contributed by atoms with van der Waals surface area (Å²) in [6.07, 6.45) is -3.49. The van der Waals surface area contributed by atoms with Gasteiger partial charge in [-0.3, -0.25) is 4.98 Å². The van der Waals surface area contributed by atoms with Crippen molar-refractivity contribution in [2.45, 2.75) is 36.9 Å². The van der Waals surface area contributed by atoms with E-state index in [0.29, 0.717) is 17.0 Å². The maximum absolute atomic E-state index is 10.4. The molecular formula is C20H20ClNO5S2. The number of ether oxygens (including phenoxy) is 1. The Morgan fingerprint density at radius 2 is 1.86 bits per heavy atom. The number of hydrogen-bond donors (Lipinski definition) is 4. The van der Waals surface area contributed by atoms with Crippen molar-refractivity contribution >= 4 is 34.3 Å². The standard InChI is InChI=1S/C20H20ClNO5S2/c21-13-3-1-10(20-19(26)18(25)17(24)14(8-23)27-20)5-11(13)6-12-2-4-15(29-12)16-7-22-9-28-16/h1-5,7,9,14,17-20,23-26H,6,8H2/t14-,17-,18+,19-,20+/m1/s1. The second-order valence-electron chi connectivity index (χ2n) is 6.91. The highest BCUT2D eigenvalue weighted by Gasteiger charge is 2.44. The minimum absolute atomic E-state index is 0.461. The third-order valence-electron chi connectivity index (χ3n) is 4.99. The van der Waals surface area contributed by atoms with Crippen LogP contribution in [0.4, 0.5) is 0 Å². The Bertz CT molecular complexity index is 962. The Kier molecular flexibility index (Phi) is 6.33. The zero-order valence-corrected chi connectivity index (χ0v) is 17.6. The van der Waals surface area contributed by atoms with Crippen molar-refractivity contribution in [2.75, 3.05) is 6.61 Å². The smallest absolute Gasteiger partial charge is 0.113 e. The van der Waals surface area contributed by atoms with E-state index < -0.39 is 37.1 Å². The first-order chi connectivity index (χ1) is 14.0. The van der Waals surface area contributed by atoms with Crippen LogP contribution in [0.1, 0.15) is 22.1 Å². The first kappa shape index (κ1) is 20.9. The van der Waals surface area contributed by atoms with Gasteiger partial charge in [0, 0.05) is 27.4 Å². The normalized spacial score (nSPS) is 27.3. The molecule has 2 aromatic heterocycles. The van der Waals surface area contributed by atoms with Crippen LogP contribution in [0.5, 0.6) is 0 Å². The summed E-state index contributed by atoms with van der Waals surface area (Å²) in [6.45, 7) is -0.461. The van der Waals surface area contributed by atoms with Crippen molar-refractivity contribution in [1.82, 2.24) is 4.98 Å². The van der Waals surface area contributed by atoms with Crippen molar-refractivity contribution in [3.63, 3.8) is 0 Å². The second kappa shape index (κ2) is 8.79. The molecule has 1 saturated heterocycles. The molecule has 1 aromatic carbocycles. The number of aromatic nitrogens is 1. The fourth-order valence-electron chi connectivity index (χ4n) is 3.41. The van der Waals surface area contributed by atoms with Gasteiger partial charge < -0.3 is 25.2 Å². The molecule has 0 aliphatic carbocycles. The lowest BCUT2D eigenvalue weighted by Crippen LogP contribution is -2.55. The molecule has 154 valence electrons. The van der Waals surface area contributed by atoms with Gasteiger partial charge in [0.1, 0.15) is 30.5 Å². The minimum atomic E-state index is -1.41. The van der Waals surface area contributed by atoms with E-state index in [4.69, 9.17) is 16.3 Å². The van der Waals surface area contributed by atoms with Gasteiger partial charge >= 0.3 is 0 Å². The molecule has 0 spiro atoms. The Balaban J connectivity index is 1.58. The molecule has 4 N–H and O–H groups in total. The van der Waals surface area contributed by atoms with E-state index in [1.807, 2.05) is 12.3 Å². The molecule has 5 atom stereocenters. The number of nitrogens with zero attached hydrogens (tertiary/aromatic N) is 1. The summed E-state index contributed by atoms with van der Waals surface area (Å²) in [5.41, 5.74) is 3.29. The van der Waals surface area contributed by atoms with Gasteiger partial charge in [-0.1, -0.05) is 23.7 Å². The Labute approximate surface area is 180 Å². The maximum Gasteiger partial charge on any atom is 0.113 e. The van der Waals surface area contributed by atoms with Crippen molar-refractivity contribution in [3.8, 4) is 9.75 Å². The fourth-order valence-corrected chi connectivity index (χ4v) is 5.35. The molecule has 1 fully saturated rings. The Morgan fingerprint density at radius 3 is 2.59 bits per heavy atom. The van der Waals surface area contributed by atoms with Gasteiger partial charge in [-0.05, 0) is 29.3 Å². The summed E-state index contributed by atoms with van der Waals surface area (Å²) >= 11 is 9.65. The maximum atomic E-state index is 10.4. The molecule has 1 aliphatic rings. The van der Waals surface area contributed by atoms with Gasteiger partial charge in [-0.2, -0.15) is 0 Å². The number of aliphatic hydroxyl groups is 4. The third-order valence-corrected chi connectivity index (χ3v) is 7.41. The highest BCUT2D eigenvalue weighted by atomic mass is 35.5. The number of halogens is 1. The van der Waals surface area contributed by atoms with Crippen LogP contribution in [0.25, 0.3) is 9.75 Å². The molecule has 4 rings (SSSR count). The predicted molar refractivity (Wildman–Crippen MR) is 112 cm³/mol. The van der Waals surface area contributed by atoms with Crippen molar-refractivity contribution in [2.24, 2.45) is 0 Å². The lowest BCUT2D eigenvalue weighted by atomic mass is 9.90. The Hall–Kier alpha value is -1.36. The summed E-state index contributed by atoms with van der Waals surface area (Å²) in [6, 6.07) is 9.39. The highest BCUT2D eigenvalue weighted by molar-refractivity contribution is 7.21. The zero-order chi connectivity index (χ0) is 20.5. The van der Waals surface area contributed by atoms with Crippen LogP contribution >= 0.6 is 34.3 Å². The summed E-state index contributed by atoms with van der Waals surface area (Å²) in [7, 11) is 0. The summed E-state index contributed by atoms with van der Waals surface area (Å²) in [4.78, 5) is 7.49. The Morgan fingerprint density at radius 1 is 1.03 bits per heavy atom. The van der Waals surface area contributed by atoms with Gasteiger partial charge in [-0.15, -0.1) is 22.7 Å². The monoisotopic (exact) mass is 453 g/mol. The molecule has 0 unspecified atom stereocenters. The number of aliphatic hydroxyl groups excluding tert-OH is 4. The number of thiazole rings is 1. The number of benzene rings is 1. The quantitative estimate of drug-likeness (QED) is 0.473. The van der Waals surface area contributed by atoms with Crippen molar-refractivity contribution in [3.05, 3.63) is 63.1 Å². The molecule has 6 nitrogen and oxygen atoms in total. The van der Waals surface area contributed by atoms with E-state index in [1.165, 1.54) is 0 Å². The van der Waals surface area contributed by atoms with Crippen LogP contribution in [-0.4, -0.2) is 56.4 Å². The van der Waals surface area contributed by atoms with E-state index >= 15 is 0 Å². The van der Waals surface area contributed by atoms with E-state index in [0.717, 1.165) is 20.2 Å². The molecule has 29 heavy (non-hydrogen) atoms. The average molecular weight is 454 g/mol. The van der Waals surface area contributed by atoms with E-state index in [1.54, 1.807) is 40.3 Å². The molecule has 0 saturated carbocycles.